The number of ether oxygens (including phenoxy) is 1. The number of thiazole rings is 1. The van der Waals surface area contributed by atoms with Crippen LogP contribution in [0.2, 0.25) is 5.15 Å². The molecule has 1 aliphatic heterocycles. The summed E-state index contributed by atoms with van der Waals surface area (Å²) in [6.07, 6.45) is 0.268. The van der Waals surface area contributed by atoms with Gasteiger partial charge in [0.1, 0.15) is 0 Å². The molecule has 2 rings (SSSR count). The van der Waals surface area contributed by atoms with Gasteiger partial charge in [-0.3, -0.25) is 0 Å². The Kier molecular flexibility index (Phi) is 4.11. The van der Waals surface area contributed by atoms with Crippen molar-refractivity contribution in [1.29, 1.82) is 0 Å². The van der Waals surface area contributed by atoms with Gasteiger partial charge in [0.25, 0.3) is 0 Å². The predicted octanol–water partition coefficient (Wildman–Crippen LogP) is 1.43. The molecule has 0 radical (unpaired) electrons. The summed E-state index contributed by atoms with van der Waals surface area (Å²) in [5.41, 5.74) is 0. The summed E-state index contributed by atoms with van der Waals surface area (Å²) >= 11 is 6.79. The molecule has 1 unspecified atom stereocenters. The van der Waals surface area contributed by atoms with Gasteiger partial charge in [-0.05, 0) is 6.42 Å². The molecule has 1 amide bonds. The van der Waals surface area contributed by atoms with Gasteiger partial charge in [0.2, 0.25) is 0 Å². The molecular formula is C10H12ClN3O4S. The van der Waals surface area contributed by atoms with Gasteiger partial charge in [-0.15, -0.1) is 0 Å². The van der Waals surface area contributed by atoms with Crippen LogP contribution in [0.25, 0.3) is 0 Å². The fourth-order valence-electron chi connectivity index (χ4n) is 1.84. The minimum atomic E-state index is -1.09. The lowest BCUT2D eigenvalue weighted by molar-refractivity contribution is 0.0702. The number of carbonyl (C=O) groups excluding carboxylic acids is 1. The molecule has 2 heterocycles. The summed E-state index contributed by atoms with van der Waals surface area (Å²) in [6.45, 7) is 1.23. The Labute approximate surface area is 118 Å². The smallest absolute Gasteiger partial charge is 0.407 e. The van der Waals surface area contributed by atoms with Gasteiger partial charge in [0.15, 0.2) is 15.2 Å². The van der Waals surface area contributed by atoms with Gasteiger partial charge in [0, 0.05) is 13.1 Å². The zero-order valence-electron chi connectivity index (χ0n) is 10.1. The van der Waals surface area contributed by atoms with E-state index in [1.165, 1.54) is 7.11 Å². The second kappa shape index (κ2) is 5.62. The fourth-order valence-corrected chi connectivity index (χ4v) is 2.99. The Morgan fingerprint density at radius 1 is 1.63 bits per heavy atom. The fraction of sp³-hybridized carbons (Fsp3) is 0.500. The second-order valence-electron chi connectivity index (χ2n) is 3.99. The third kappa shape index (κ3) is 3.07. The molecule has 19 heavy (non-hydrogen) atoms. The lowest BCUT2D eigenvalue weighted by Crippen LogP contribution is -2.36. The van der Waals surface area contributed by atoms with Crippen LogP contribution in [-0.2, 0) is 4.74 Å². The number of alkyl carbamates (subject to hydrolysis) is 1. The van der Waals surface area contributed by atoms with Crippen molar-refractivity contribution >= 4 is 40.1 Å². The number of hydrogen-bond donors (Lipinski definition) is 2. The largest absolute Gasteiger partial charge is 0.477 e. The molecule has 0 spiro atoms. The number of methoxy groups -OCH3 is 1. The van der Waals surface area contributed by atoms with Crippen LogP contribution in [0.3, 0.4) is 0 Å². The van der Waals surface area contributed by atoms with Crippen molar-refractivity contribution in [3.8, 4) is 0 Å². The Morgan fingerprint density at radius 3 is 2.95 bits per heavy atom. The molecule has 2 N–H and O–H groups in total. The molecule has 9 heteroatoms. The normalized spacial score (nSPS) is 18.4. The standard InChI is InChI=1S/C10H12ClN3O4S/c1-18-10(17)12-5-2-3-14(4-5)9-13-7(11)6(19-9)8(15)16/h5H,2-4H2,1H3,(H,12,17)(H,15,16). The third-order valence-corrected chi connectivity index (χ3v) is 4.22. The number of aromatic nitrogens is 1. The lowest BCUT2D eigenvalue weighted by atomic mass is 10.3. The molecule has 1 fully saturated rings. The molecule has 0 bridgehead atoms. The first-order valence-electron chi connectivity index (χ1n) is 5.50. The zero-order valence-corrected chi connectivity index (χ0v) is 11.6. The minimum absolute atomic E-state index is 0.00289. The van der Waals surface area contributed by atoms with Crippen LogP contribution in [0, 0.1) is 0 Å². The Hall–Kier alpha value is -1.54. The van der Waals surface area contributed by atoms with E-state index in [1.807, 2.05) is 4.90 Å². The highest BCUT2D eigenvalue weighted by Gasteiger charge is 2.28. The summed E-state index contributed by atoms with van der Waals surface area (Å²) in [5.74, 6) is -1.09. The van der Waals surface area contributed by atoms with Gasteiger partial charge in [0.05, 0.1) is 13.2 Å². The zero-order chi connectivity index (χ0) is 14.0. The first-order valence-corrected chi connectivity index (χ1v) is 6.69. The van der Waals surface area contributed by atoms with E-state index in [1.54, 1.807) is 0 Å². The minimum Gasteiger partial charge on any atom is -0.477 e. The Balaban J connectivity index is 2.02. The number of hydrogen-bond acceptors (Lipinski definition) is 6. The average Bonchev–Trinajstić information content (AvgIpc) is 2.95. The van der Waals surface area contributed by atoms with Crippen LogP contribution >= 0.6 is 22.9 Å². The van der Waals surface area contributed by atoms with Gasteiger partial charge in [-0.1, -0.05) is 22.9 Å². The van der Waals surface area contributed by atoms with Crippen LogP contribution in [0.4, 0.5) is 9.93 Å². The van der Waals surface area contributed by atoms with E-state index in [0.29, 0.717) is 18.2 Å². The van der Waals surface area contributed by atoms with Crippen molar-refractivity contribution in [1.82, 2.24) is 10.3 Å². The first-order chi connectivity index (χ1) is 9.01. The molecular weight excluding hydrogens is 294 g/mol. The molecule has 7 nitrogen and oxygen atoms in total. The van der Waals surface area contributed by atoms with E-state index >= 15 is 0 Å². The Bertz CT molecular complexity index is 507. The SMILES string of the molecule is COC(=O)NC1CCN(c2nc(Cl)c(C(=O)O)s2)C1. The van der Waals surface area contributed by atoms with Gasteiger partial charge < -0.3 is 20.1 Å². The number of amides is 1. The van der Waals surface area contributed by atoms with E-state index in [2.05, 4.69) is 15.0 Å². The highest BCUT2D eigenvalue weighted by molar-refractivity contribution is 7.18. The maximum atomic E-state index is 11.1. The third-order valence-electron chi connectivity index (χ3n) is 2.73. The van der Waals surface area contributed by atoms with Gasteiger partial charge in [-0.2, -0.15) is 0 Å². The highest BCUT2D eigenvalue weighted by atomic mass is 35.5. The van der Waals surface area contributed by atoms with Crippen LogP contribution < -0.4 is 10.2 Å². The molecule has 104 valence electrons. The lowest BCUT2D eigenvalue weighted by Gasteiger charge is -2.15. The number of anilines is 1. The second-order valence-corrected chi connectivity index (χ2v) is 5.32. The summed E-state index contributed by atoms with van der Waals surface area (Å²) in [4.78, 5) is 27.9. The van der Waals surface area contributed by atoms with Crippen LogP contribution in [-0.4, -0.2) is 48.4 Å². The first kappa shape index (κ1) is 13.9. The highest BCUT2D eigenvalue weighted by Crippen LogP contribution is 2.31. The van der Waals surface area contributed by atoms with E-state index < -0.39 is 12.1 Å². The molecule has 0 aromatic carbocycles. The topological polar surface area (TPSA) is 91.8 Å². The maximum absolute atomic E-state index is 11.1. The summed E-state index contributed by atoms with van der Waals surface area (Å²) in [5, 5.41) is 12.2. The molecule has 1 aliphatic rings. The summed E-state index contributed by atoms with van der Waals surface area (Å²) in [6, 6.07) is -0.0385. The molecule has 1 aromatic heterocycles. The quantitative estimate of drug-likeness (QED) is 0.877. The number of nitrogens with zero attached hydrogens (tertiary/aromatic N) is 2. The van der Waals surface area contributed by atoms with E-state index in [9.17, 15) is 9.59 Å². The van der Waals surface area contributed by atoms with Gasteiger partial charge >= 0.3 is 12.1 Å². The number of rotatable bonds is 3. The van der Waals surface area contributed by atoms with Crippen molar-refractivity contribution in [2.45, 2.75) is 12.5 Å². The van der Waals surface area contributed by atoms with E-state index in [4.69, 9.17) is 16.7 Å². The summed E-state index contributed by atoms with van der Waals surface area (Å²) < 4.78 is 4.53. The molecule has 1 aromatic rings. The Morgan fingerprint density at radius 2 is 2.37 bits per heavy atom. The van der Waals surface area contributed by atoms with Crippen molar-refractivity contribution < 1.29 is 19.4 Å². The number of carbonyl (C=O) groups is 2. The van der Waals surface area contributed by atoms with Crippen LogP contribution in [0.15, 0.2) is 0 Å². The van der Waals surface area contributed by atoms with E-state index in [0.717, 1.165) is 17.8 Å². The molecule has 1 atom stereocenters. The van der Waals surface area contributed by atoms with Crippen molar-refractivity contribution in [2.24, 2.45) is 0 Å². The molecule has 0 saturated carbocycles. The number of carboxylic acids is 1. The predicted molar refractivity (Wildman–Crippen MR) is 70.2 cm³/mol. The number of nitrogens with one attached hydrogen (secondary N) is 1. The monoisotopic (exact) mass is 305 g/mol. The van der Waals surface area contributed by atoms with Gasteiger partial charge in [-0.25, -0.2) is 14.6 Å². The van der Waals surface area contributed by atoms with Crippen molar-refractivity contribution in [2.75, 3.05) is 25.1 Å². The van der Waals surface area contributed by atoms with Crippen LogP contribution in [0.1, 0.15) is 16.1 Å². The number of halogens is 1. The van der Waals surface area contributed by atoms with Crippen LogP contribution in [0.5, 0.6) is 0 Å². The molecule has 0 aliphatic carbocycles. The average molecular weight is 306 g/mol. The maximum Gasteiger partial charge on any atom is 0.407 e. The summed E-state index contributed by atoms with van der Waals surface area (Å²) in [7, 11) is 1.31. The van der Waals surface area contributed by atoms with E-state index in [-0.39, 0.29) is 16.1 Å². The number of aromatic carboxylic acids is 1. The van der Waals surface area contributed by atoms with Crippen molar-refractivity contribution in [3.05, 3.63) is 10.0 Å². The van der Waals surface area contributed by atoms with Crippen molar-refractivity contribution in [3.63, 3.8) is 0 Å². The number of carboxylic acid groups (broad SMARTS) is 1. The molecule has 1 saturated heterocycles.